The van der Waals surface area contributed by atoms with Crippen molar-refractivity contribution < 1.29 is 14.6 Å². The van der Waals surface area contributed by atoms with Crippen molar-refractivity contribution in [2.45, 2.75) is 38.3 Å². The zero-order valence-electron chi connectivity index (χ0n) is 10.1. The molecule has 1 aliphatic rings. The fraction of sp³-hybridized carbons (Fsp3) is 0.462. The highest BCUT2D eigenvalue weighted by molar-refractivity contribution is 9.10. The first-order valence-corrected chi connectivity index (χ1v) is 6.73. The van der Waals surface area contributed by atoms with Crippen LogP contribution < -0.4 is 10.5 Å². The molecular weight excluding hydrogens is 298 g/mol. The van der Waals surface area contributed by atoms with Crippen LogP contribution >= 0.6 is 15.9 Å². The molecule has 0 saturated carbocycles. The molecule has 0 amide bonds. The number of ether oxygens (including phenoxy) is 1. The second-order valence-electron chi connectivity index (χ2n) is 4.65. The predicted molar refractivity (Wildman–Crippen MR) is 71.7 cm³/mol. The summed E-state index contributed by atoms with van der Waals surface area (Å²) >= 11 is 3.46. The van der Waals surface area contributed by atoms with E-state index in [-0.39, 0.29) is 18.6 Å². The van der Waals surface area contributed by atoms with Gasteiger partial charge in [0, 0.05) is 28.9 Å². The molecule has 0 bridgehead atoms. The Labute approximate surface area is 114 Å². The van der Waals surface area contributed by atoms with Gasteiger partial charge in [0.1, 0.15) is 11.9 Å². The highest BCUT2D eigenvalue weighted by Crippen LogP contribution is 2.38. The molecule has 0 saturated heterocycles. The van der Waals surface area contributed by atoms with Gasteiger partial charge in [0.2, 0.25) is 0 Å². The number of benzene rings is 1. The summed E-state index contributed by atoms with van der Waals surface area (Å²) < 4.78 is 6.73. The van der Waals surface area contributed by atoms with E-state index in [4.69, 9.17) is 15.6 Å². The third-order valence-electron chi connectivity index (χ3n) is 3.05. The fourth-order valence-corrected chi connectivity index (χ4v) is 2.75. The van der Waals surface area contributed by atoms with Gasteiger partial charge < -0.3 is 15.6 Å². The summed E-state index contributed by atoms with van der Waals surface area (Å²) in [4.78, 5) is 10.6. The molecule has 1 aromatic rings. The Morgan fingerprint density at radius 1 is 1.67 bits per heavy atom. The van der Waals surface area contributed by atoms with Gasteiger partial charge in [-0.3, -0.25) is 4.79 Å². The van der Waals surface area contributed by atoms with E-state index in [0.29, 0.717) is 6.42 Å². The van der Waals surface area contributed by atoms with Gasteiger partial charge in [-0.2, -0.15) is 0 Å². The van der Waals surface area contributed by atoms with Gasteiger partial charge in [-0.25, -0.2) is 0 Å². The van der Waals surface area contributed by atoms with Crippen LogP contribution in [0.2, 0.25) is 0 Å². The van der Waals surface area contributed by atoms with E-state index in [0.717, 1.165) is 27.8 Å². The van der Waals surface area contributed by atoms with Crippen molar-refractivity contribution in [3.05, 3.63) is 27.7 Å². The van der Waals surface area contributed by atoms with Gasteiger partial charge in [-0.1, -0.05) is 15.9 Å². The number of carboxylic acid groups (broad SMARTS) is 1. The van der Waals surface area contributed by atoms with Crippen LogP contribution in [0.25, 0.3) is 0 Å². The number of carboxylic acids is 1. The molecule has 0 spiro atoms. The van der Waals surface area contributed by atoms with Crippen LogP contribution in [-0.2, 0) is 11.2 Å². The highest BCUT2D eigenvalue weighted by atomic mass is 79.9. The van der Waals surface area contributed by atoms with Crippen LogP contribution in [-0.4, -0.2) is 17.2 Å². The second kappa shape index (κ2) is 5.28. The van der Waals surface area contributed by atoms with Crippen LogP contribution in [0.3, 0.4) is 0 Å². The SMILES string of the molecule is CC1Cc2cc(Br)cc(C(N)CCC(=O)O)c2O1. The van der Waals surface area contributed by atoms with E-state index in [2.05, 4.69) is 15.9 Å². The van der Waals surface area contributed by atoms with Crippen LogP contribution in [0, 0.1) is 0 Å². The number of carbonyl (C=O) groups is 1. The summed E-state index contributed by atoms with van der Waals surface area (Å²) in [6, 6.07) is 3.65. The molecule has 4 nitrogen and oxygen atoms in total. The van der Waals surface area contributed by atoms with Crippen molar-refractivity contribution in [2.75, 3.05) is 0 Å². The van der Waals surface area contributed by atoms with Gasteiger partial charge in [0.15, 0.2) is 0 Å². The minimum absolute atomic E-state index is 0.0675. The zero-order valence-corrected chi connectivity index (χ0v) is 11.7. The maximum absolute atomic E-state index is 10.6. The van der Waals surface area contributed by atoms with E-state index in [1.807, 2.05) is 19.1 Å². The molecule has 2 unspecified atom stereocenters. The molecule has 5 heteroatoms. The molecule has 1 aliphatic heterocycles. The van der Waals surface area contributed by atoms with Crippen LogP contribution in [0.15, 0.2) is 16.6 Å². The molecule has 18 heavy (non-hydrogen) atoms. The number of nitrogens with two attached hydrogens (primary N) is 1. The molecule has 1 heterocycles. The molecule has 2 atom stereocenters. The monoisotopic (exact) mass is 313 g/mol. The van der Waals surface area contributed by atoms with Crippen molar-refractivity contribution in [3.63, 3.8) is 0 Å². The Morgan fingerprint density at radius 3 is 3.06 bits per heavy atom. The second-order valence-corrected chi connectivity index (χ2v) is 5.57. The van der Waals surface area contributed by atoms with Crippen molar-refractivity contribution >= 4 is 21.9 Å². The molecule has 0 radical (unpaired) electrons. The average molecular weight is 314 g/mol. The smallest absolute Gasteiger partial charge is 0.303 e. The number of halogens is 1. The van der Waals surface area contributed by atoms with Crippen LogP contribution in [0.5, 0.6) is 5.75 Å². The molecule has 0 aromatic heterocycles. The molecule has 3 N–H and O–H groups in total. The summed E-state index contributed by atoms with van der Waals surface area (Å²) in [6.07, 6.45) is 1.50. The Hall–Kier alpha value is -1.07. The van der Waals surface area contributed by atoms with Crippen LogP contribution in [0.4, 0.5) is 0 Å². The zero-order chi connectivity index (χ0) is 13.3. The average Bonchev–Trinajstić information content (AvgIpc) is 2.64. The lowest BCUT2D eigenvalue weighted by Gasteiger charge is -2.16. The van der Waals surface area contributed by atoms with Crippen molar-refractivity contribution in [1.82, 2.24) is 0 Å². The lowest BCUT2D eigenvalue weighted by molar-refractivity contribution is -0.137. The summed E-state index contributed by atoms with van der Waals surface area (Å²) in [7, 11) is 0. The van der Waals surface area contributed by atoms with E-state index < -0.39 is 5.97 Å². The number of hydrogen-bond donors (Lipinski definition) is 2. The van der Waals surface area contributed by atoms with Gasteiger partial charge in [0.05, 0.1) is 0 Å². The first-order chi connectivity index (χ1) is 8.47. The summed E-state index contributed by atoms with van der Waals surface area (Å²) in [5, 5.41) is 8.70. The number of fused-ring (bicyclic) bond motifs is 1. The molecule has 0 fully saturated rings. The summed E-state index contributed by atoms with van der Waals surface area (Å²) in [6.45, 7) is 2.01. The van der Waals surface area contributed by atoms with E-state index in [9.17, 15) is 4.79 Å². The Morgan fingerprint density at radius 2 is 2.39 bits per heavy atom. The third kappa shape index (κ3) is 2.84. The minimum Gasteiger partial charge on any atom is -0.490 e. The van der Waals surface area contributed by atoms with Crippen molar-refractivity contribution in [1.29, 1.82) is 0 Å². The fourth-order valence-electron chi connectivity index (χ4n) is 2.23. The summed E-state index contributed by atoms with van der Waals surface area (Å²) in [5.41, 5.74) is 8.10. The quantitative estimate of drug-likeness (QED) is 0.896. The lowest BCUT2D eigenvalue weighted by atomic mass is 9.98. The largest absolute Gasteiger partial charge is 0.490 e. The van der Waals surface area contributed by atoms with Gasteiger partial charge in [-0.05, 0) is 31.0 Å². The molecule has 98 valence electrons. The van der Waals surface area contributed by atoms with Crippen molar-refractivity contribution in [3.8, 4) is 5.75 Å². The Bertz CT molecular complexity index is 476. The molecule has 2 rings (SSSR count). The maximum atomic E-state index is 10.6. The first kappa shape index (κ1) is 13.4. The van der Waals surface area contributed by atoms with Gasteiger partial charge in [-0.15, -0.1) is 0 Å². The summed E-state index contributed by atoms with van der Waals surface area (Å²) in [5.74, 6) is 0.00923. The maximum Gasteiger partial charge on any atom is 0.303 e. The first-order valence-electron chi connectivity index (χ1n) is 5.93. The Kier molecular flexibility index (Phi) is 3.92. The highest BCUT2D eigenvalue weighted by Gasteiger charge is 2.25. The van der Waals surface area contributed by atoms with Gasteiger partial charge >= 0.3 is 5.97 Å². The third-order valence-corrected chi connectivity index (χ3v) is 3.51. The molecule has 1 aromatic carbocycles. The minimum atomic E-state index is -0.827. The topological polar surface area (TPSA) is 72.6 Å². The van der Waals surface area contributed by atoms with E-state index in [1.54, 1.807) is 0 Å². The number of aliphatic carboxylic acids is 1. The number of hydrogen-bond acceptors (Lipinski definition) is 3. The van der Waals surface area contributed by atoms with Crippen LogP contribution in [0.1, 0.15) is 36.9 Å². The molecule has 0 aliphatic carbocycles. The number of rotatable bonds is 4. The lowest BCUT2D eigenvalue weighted by Crippen LogP contribution is -2.14. The Balaban J connectivity index is 2.25. The van der Waals surface area contributed by atoms with E-state index >= 15 is 0 Å². The normalized spacial score (nSPS) is 19.2. The van der Waals surface area contributed by atoms with E-state index in [1.165, 1.54) is 0 Å². The molecular formula is C13H16BrNO3. The van der Waals surface area contributed by atoms with Crippen molar-refractivity contribution in [2.24, 2.45) is 5.73 Å². The van der Waals surface area contributed by atoms with Gasteiger partial charge in [0.25, 0.3) is 0 Å². The standard InChI is InChI=1S/C13H16BrNO3/c1-7-4-8-5-9(14)6-10(13(8)18-7)11(15)2-3-12(16)17/h5-7,11H,2-4,15H2,1H3,(H,16,17). The predicted octanol–water partition coefficient (Wildman–Crippen LogP) is 2.64.